The fourth-order valence-electron chi connectivity index (χ4n) is 2.89. The standard InChI is InChI=1S/C17H26O2/c1-4-9-15-13-17(3,14-11-7-6-8-12-14)19-16(18-15)10-5-2/h6-8,11-12,15-16H,4-5,9-10,13H2,1-3H3/t15-,16-,17-/m1/s1. The third-order valence-electron chi connectivity index (χ3n) is 3.87. The van der Waals surface area contributed by atoms with Gasteiger partial charge in [0, 0.05) is 6.42 Å². The van der Waals surface area contributed by atoms with E-state index in [1.54, 1.807) is 0 Å². The zero-order chi connectivity index (χ0) is 13.7. The summed E-state index contributed by atoms with van der Waals surface area (Å²) >= 11 is 0. The lowest BCUT2D eigenvalue weighted by Gasteiger charge is -2.43. The van der Waals surface area contributed by atoms with Crippen molar-refractivity contribution in [3.8, 4) is 0 Å². The van der Waals surface area contributed by atoms with E-state index in [-0.39, 0.29) is 11.9 Å². The fraction of sp³-hybridized carbons (Fsp3) is 0.647. The summed E-state index contributed by atoms with van der Waals surface area (Å²) in [5, 5.41) is 0. The highest BCUT2D eigenvalue weighted by molar-refractivity contribution is 5.22. The molecule has 1 aliphatic heterocycles. The molecule has 2 heteroatoms. The monoisotopic (exact) mass is 262 g/mol. The highest BCUT2D eigenvalue weighted by Gasteiger charge is 2.39. The van der Waals surface area contributed by atoms with Crippen molar-refractivity contribution in [2.24, 2.45) is 0 Å². The molecule has 1 fully saturated rings. The molecule has 1 aromatic rings. The molecule has 106 valence electrons. The first kappa shape index (κ1) is 14.5. The molecular weight excluding hydrogens is 236 g/mol. The second kappa shape index (κ2) is 6.53. The average molecular weight is 262 g/mol. The van der Waals surface area contributed by atoms with Crippen LogP contribution in [0.3, 0.4) is 0 Å². The van der Waals surface area contributed by atoms with Crippen LogP contribution < -0.4 is 0 Å². The van der Waals surface area contributed by atoms with Gasteiger partial charge in [-0.25, -0.2) is 0 Å². The van der Waals surface area contributed by atoms with E-state index >= 15 is 0 Å². The average Bonchev–Trinajstić information content (AvgIpc) is 2.40. The van der Waals surface area contributed by atoms with Crippen LogP contribution in [0.15, 0.2) is 30.3 Å². The van der Waals surface area contributed by atoms with Gasteiger partial charge in [-0.05, 0) is 25.3 Å². The van der Waals surface area contributed by atoms with E-state index in [9.17, 15) is 0 Å². The topological polar surface area (TPSA) is 18.5 Å². The lowest BCUT2D eigenvalue weighted by Crippen LogP contribution is -2.44. The Morgan fingerprint density at radius 2 is 1.79 bits per heavy atom. The minimum absolute atomic E-state index is 0.0551. The maximum absolute atomic E-state index is 6.25. The zero-order valence-corrected chi connectivity index (χ0v) is 12.4. The van der Waals surface area contributed by atoms with E-state index in [1.807, 2.05) is 0 Å². The molecule has 2 nitrogen and oxygen atoms in total. The van der Waals surface area contributed by atoms with Crippen molar-refractivity contribution in [2.75, 3.05) is 0 Å². The van der Waals surface area contributed by atoms with Crippen molar-refractivity contribution < 1.29 is 9.47 Å². The summed E-state index contributed by atoms with van der Waals surface area (Å²) in [5.41, 5.74) is 1.06. The largest absolute Gasteiger partial charge is 0.349 e. The normalized spacial score (nSPS) is 31.3. The Morgan fingerprint density at radius 1 is 1.11 bits per heavy atom. The van der Waals surface area contributed by atoms with Gasteiger partial charge in [0.1, 0.15) is 0 Å². The molecule has 0 unspecified atom stereocenters. The van der Waals surface area contributed by atoms with Gasteiger partial charge >= 0.3 is 0 Å². The molecule has 0 radical (unpaired) electrons. The Balaban J connectivity index is 2.17. The molecule has 0 spiro atoms. The maximum atomic E-state index is 6.25. The number of rotatable bonds is 5. The minimum Gasteiger partial charge on any atom is -0.349 e. The number of benzene rings is 1. The molecular formula is C17H26O2. The van der Waals surface area contributed by atoms with Crippen LogP contribution in [-0.2, 0) is 15.1 Å². The molecule has 0 saturated carbocycles. The summed E-state index contributed by atoms with van der Waals surface area (Å²) in [6, 6.07) is 10.6. The van der Waals surface area contributed by atoms with Crippen LogP contribution in [0.4, 0.5) is 0 Å². The summed E-state index contributed by atoms with van der Waals surface area (Å²) < 4.78 is 12.3. The van der Waals surface area contributed by atoms with Crippen LogP contribution in [0, 0.1) is 0 Å². The fourth-order valence-corrected chi connectivity index (χ4v) is 2.89. The van der Waals surface area contributed by atoms with Crippen LogP contribution >= 0.6 is 0 Å². The van der Waals surface area contributed by atoms with E-state index in [1.165, 1.54) is 5.56 Å². The van der Waals surface area contributed by atoms with Gasteiger partial charge in [-0.15, -0.1) is 0 Å². The highest BCUT2D eigenvalue weighted by atomic mass is 16.7. The molecule has 1 saturated heterocycles. The Bertz CT molecular complexity index is 360. The van der Waals surface area contributed by atoms with Gasteiger partial charge < -0.3 is 9.47 Å². The predicted molar refractivity (Wildman–Crippen MR) is 78.0 cm³/mol. The van der Waals surface area contributed by atoms with E-state index < -0.39 is 0 Å². The molecule has 1 heterocycles. The number of ether oxygens (including phenoxy) is 2. The van der Waals surface area contributed by atoms with Gasteiger partial charge in [-0.3, -0.25) is 0 Å². The molecule has 0 amide bonds. The Labute approximate surface area is 117 Å². The molecule has 19 heavy (non-hydrogen) atoms. The van der Waals surface area contributed by atoms with Gasteiger partial charge in [-0.2, -0.15) is 0 Å². The summed E-state index contributed by atoms with van der Waals surface area (Å²) in [6.07, 6.45) is 5.56. The Kier molecular flexibility index (Phi) is 5.00. The summed E-state index contributed by atoms with van der Waals surface area (Å²) in [6.45, 7) is 6.60. The van der Waals surface area contributed by atoms with Crippen molar-refractivity contribution >= 4 is 0 Å². The summed E-state index contributed by atoms with van der Waals surface area (Å²) in [7, 11) is 0. The van der Waals surface area contributed by atoms with E-state index in [2.05, 4.69) is 51.1 Å². The van der Waals surface area contributed by atoms with E-state index in [0.29, 0.717) is 6.10 Å². The summed E-state index contributed by atoms with van der Waals surface area (Å²) in [5.74, 6) is 0. The minimum atomic E-state index is -0.209. The van der Waals surface area contributed by atoms with Gasteiger partial charge in [0.2, 0.25) is 0 Å². The molecule has 0 aromatic heterocycles. The Hall–Kier alpha value is -0.860. The quantitative estimate of drug-likeness (QED) is 0.770. The second-order valence-corrected chi connectivity index (χ2v) is 5.68. The lowest BCUT2D eigenvalue weighted by molar-refractivity contribution is -0.285. The molecule has 1 aliphatic rings. The van der Waals surface area contributed by atoms with Crippen molar-refractivity contribution in [3.63, 3.8) is 0 Å². The first-order chi connectivity index (χ1) is 9.18. The van der Waals surface area contributed by atoms with Gasteiger partial charge in [-0.1, -0.05) is 57.0 Å². The second-order valence-electron chi connectivity index (χ2n) is 5.68. The van der Waals surface area contributed by atoms with Gasteiger partial charge in [0.25, 0.3) is 0 Å². The molecule has 0 bridgehead atoms. The predicted octanol–water partition coefficient (Wildman–Crippen LogP) is 4.63. The third kappa shape index (κ3) is 3.58. The van der Waals surface area contributed by atoms with Crippen LogP contribution in [0.1, 0.15) is 58.4 Å². The molecule has 3 atom stereocenters. The third-order valence-corrected chi connectivity index (χ3v) is 3.87. The van der Waals surface area contributed by atoms with Crippen LogP contribution in [-0.4, -0.2) is 12.4 Å². The number of hydrogen-bond donors (Lipinski definition) is 0. The summed E-state index contributed by atoms with van der Waals surface area (Å²) in [4.78, 5) is 0. The molecule has 0 N–H and O–H groups in total. The van der Waals surface area contributed by atoms with Gasteiger partial charge in [0.05, 0.1) is 11.7 Å². The zero-order valence-electron chi connectivity index (χ0n) is 12.4. The van der Waals surface area contributed by atoms with Crippen molar-refractivity contribution in [2.45, 2.75) is 70.9 Å². The lowest BCUT2D eigenvalue weighted by atomic mass is 9.87. The van der Waals surface area contributed by atoms with E-state index in [0.717, 1.165) is 32.1 Å². The first-order valence-corrected chi connectivity index (χ1v) is 7.56. The molecule has 1 aromatic carbocycles. The van der Waals surface area contributed by atoms with Gasteiger partial charge in [0.15, 0.2) is 6.29 Å². The highest BCUT2D eigenvalue weighted by Crippen LogP contribution is 2.39. The SMILES string of the molecule is CCC[C@@H]1C[C@](C)(c2ccccc2)O[C@H](CCC)O1. The van der Waals surface area contributed by atoms with Crippen LogP contribution in [0.2, 0.25) is 0 Å². The van der Waals surface area contributed by atoms with Crippen LogP contribution in [0.5, 0.6) is 0 Å². The Morgan fingerprint density at radius 3 is 2.42 bits per heavy atom. The smallest absolute Gasteiger partial charge is 0.159 e. The molecule has 0 aliphatic carbocycles. The first-order valence-electron chi connectivity index (χ1n) is 7.56. The van der Waals surface area contributed by atoms with Crippen molar-refractivity contribution in [3.05, 3.63) is 35.9 Å². The van der Waals surface area contributed by atoms with Crippen molar-refractivity contribution in [1.82, 2.24) is 0 Å². The molecule has 2 rings (SSSR count). The van der Waals surface area contributed by atoms with E-state index in [4.69, 9.17) is 9.47 Å². The van der Waals surface area contributed by atoms with Crippen LogP contribution in [0.25, 0.3) is 0 Å². The number of hydrogen-bond acceptors (Lipinski definition) is 2. The maximum Gasteiger partial charge on any atom is 0.159 e. The van der Waals surface area contributed by atoms with Crippen molar-refractivity contribution in [1.29, 1.82) is 0 Å².